The summed E-state index contributed by atoms with van der Waals surface area (Å²) in [6, 6.07) is 0. The van der Waals surface area contributed by atoms with Crippen molar-refractivity contribution in [2.24, 2.45) is 29.6 Å². The second-order valence-corrected chi connectivity index (χ2v) is 5.50. The van der Waals surface area contributed by atoms with Crippen LogP contribution in [0.3, 0.4) is 0 Å². The molecule has 0 saturated heterocycles. The van der Waals surface area contributed by atoms with Crippen LogP contribution in [0.15, 0.2) is 0 Å². The highest BCUT2D eigenvalue weighted by atomic mass is 14.4. The van der Waals surface area contributed by atoms with Gasteiger partial charge >= 0.3 is 0 Å². The second-order valence-electron chi connectivity index (χ2n) is 5.50. The van der Waals surface area contributed by atoms with E-state index in [0.717, 1.165) is 29.6 Å². The topological polar surface area (TPSA) is 0 Å². The van der Waals surface area contributed by atoms with Crippen molar-refractivity contribution in [1.29, 1.82) is 0 Å². The van der Waals surface area contributed by atoms with Crippen LogP contribution in [0.25, 0.3) is 0 Å². The van der Waals surface area contributed by atoms with Gasteiger partial charge in [0.25, 0.3) is 0 Å². The molecule has 0 aromatic carbocycles. The van der Waals surface area contributed by atoms with Gasteiger partial charge in [0.05, 0.1) is 0 Å². The van der Waals surface area contributed by atoms with Crippen LogP contribution in [0.5, 0.6) is 0 Å². The zero-order chi connectivity index (χ0) is 8.72. The summed E-state index contributed by atoms with van der Waals surface area (Å²) in [5.41, 5.74) is 0. The van der Waals surface area contributed by atoms with Crippen molar-refractivity contribution in [3.05, 3.63) is 0 Å². The van der Waals surface area contributed by atoms with Crippen LogP contribution < -0.4 is 0 Å². The molecule has 0 amide bonds. The smallest absolute Gasteiger partial charge is 0.0383 e. The van der Waals surface area contributed by atoms with E-state index in [1.54, 1.807) is 12.8 Å². The average molecular weight is 166 g/mol. The van der Waals surface area contributed by atoms with Gasteiger partial charge in [-0.1, -0.05) is 20.8 Å². The highest BCUT2D eigenvalue weighted by Crippen LogP contribution is 2.48. The lowest BCUT2D eigenvalue weighted by Gasteiger charge is -2.45. The molecular weight excluding hydrogens is 144 g/mol. The van der Waals surface area contributed by atoms with Crippen LogP contribution in [0.2, 0.25) is 0 Å². The van der Waals surface area contributed by atoms with Crippen LogP contribution in [0.4, 0.5) is 0 Å². The maximum Gasteiger partial charge on any atom is -0.0383 e. The first-order valence-corrected chi connectivity index (χ1v) is 5.66. The van der Waals surface area contributed by atoms with Crippen molar-refractivity contribution in [3.63, 3.8) is 0 Å². The lowest BCUT2D eigenvalue weighted by atomic mass is 9.60. The molecule has 3 saturated carbocycles. The molecule has 3 atom stereocenters. The van der Waals surface area contributed by atoms with Crippen LogP contribution in [0.1, 0.15) is 46.5 Å². The quantitative estimate of drug-likeness (QED) is 0.514. The SMILES string of the molecule is CC1CC2CC(C2)C(C)CC1C. The Hall–Kier alpha value is 0. The Labute approximate surface area is 76.7 Å². The molecule has 0 spiro atoms. The summed E-state index contributed by atoms with van der Waals surface area (Å²) < 4.78 is 0. The summed E-state index contributed by atoms with van der Waals surface area (Å²) in [5.74, 6) is 5.18. The summed E-state index contributed by atoms with van der Waals surface area (Å²) in [5, 5.41) is 0. The van der Waals surface area contributed by atoms with Crippen molar-refractivity contribution in [1.82, 2.24) is 0 Å². The first-order chi connectivity index (χ1) is 5.66. The standard InChI is InChI=1S/C12H22/c1-8-4-10(3)12-6-11(7-12)5-9(8)2/h8-12H,4-7H2,1-3H3. The minimum atomic E-state index is 0.977. The van der Waals surface area contributed by atoms with Gasteiger partial charge in [-0.3, -0.25) is 0 Å². The Morgan fingerprint density at radius 1 is 0.667 bits per heavy atom. The Balaban J connectivity index is 2.00. The molecule has 3 aliphatic carbocycles. The first-order valence-electron chi connectivity index (χ1n) is 5.66. The van der Waals surface area contributed by atoms with E-state index in [1.165, 1.54) is 12.8 Å². The van der Waals surface area contributed by atoms with Crippen molar-refractivity contribution in [3.8, 4) is 0 Å². The van der Waals surface area contributed by atoms with Crippen molar-refractivity contribution >= 4 is 0 Å². The normalized spacial score (nSPS) is 53.8. The van der Waals surface area contributed by atoms with Gasteiger partial charge in [-0.2, -0.15) is 0 Å². The van der Waals surface area contributed by atoms with Crippen molar-refractivity contribution in [2.45, 2.75) is 46.5 Å². The molecule has 0 radical (unpaired) electrons. The van der Waals surface area contributed by atoms with Crippen LogP contribution in [-0.4, -0.2) is 0 Å². The predicted molar refractivity (Wildman–Crippen MR) is 52.9 cm³/mol. The molecule has 2 bridgehead atoms. The predicted octanol–water partition coefficient (Wildman–Crippen LogP) is 3.71. The van der Waals surface area contributed by atoms with Gasteiger partial charge < -0.3 is 0 Å². The Bertz CT molecular complexity index is 151. The van der Waals surface area contributed by atoms with E-state index in [2.05, 4.69) is 20.8 Å². The fraction of sp³-hybridized carbons (Fsp3) is 1.00. The molecule has 0 heterocycles. The lowest BCUT2D eigenvalue weighted by molar-refractivity contribution is 0.0549. The highest BCUT2D eigenvalue weighted by molar-refractivity contribution is 4.88. The monoisotopic (exact) mass is 166 g/mol. The summed E-state index contributed by atoms with van der Waals surface area (Å²) in [6.45, 7) is 7.37. The molecule has 70 valence electrons. The molecule has 3 fully saturated rings. The van der Waals surface area contributed by atoms with E-state index in [9.17, 15) is 0 Å². The Kier molecular flexibility index (Phi) is 2.18. The van der Waals surface area contributed by atoms with E-state index >= 15 is 0 Å². The van der Waals surface area contributed by atoms with Gasteiger partial charge in [-0.15, -0.1) is 0 Å². The summed E-state index contributed by atoms with van der Waals surface area (Å²) in [6.07, 6.45) is 6.11. The number of rotatable bonds is 0. The maximum absolute atomic E-state index is 2.47. The molecule has 3 unspecified atom stereocenters. The van der Waals surface area contributed by atoms with Gasteiger partial charge in [0.15, 0.2) is 0 Å². The molecule has 0 aliphatic heterocycles. The lowest BCUT2D eigenvalue weighted by Crippen LogP contribution is -2.35. The fourth-order valence-electron chi connectivity index (χ4n) is 3.21. The average Bonchev–Trinajstić information content (AvgIpc) is 1.92. The number of hydrogen-bond donors (Lipinski definition) is 0. The van der Waals surface area contributed by atoms with E-state index < -0.39 is 0 Å². The van der Waals surface area contributed by atoms with Gasteiger partial charge in [-0.05, 0) is 55.3 Å². The highest BCUT2D eigenvalue weighted by Gasteiger charge is 2.37. The molecule has 0 nitrogen and oxygen atoms in total. The zero-order valence-electron chi connectivity index (χ0n) is 8.72. The minimum absolute atomic E-state index is 0.977. The van der Waals surface area contributed by atoms with E-state index in [4.69, 9.17) is 0 Å². The largest absolute Gasteiger partial charge is 0.0622 e. The Morgan fingerprint density at radius 3 is 1.92 bits per heavy atom. The van der Waals surface area contributed by atoms with Gasteiger partial charge in [0.1, 0.15) is 0 Å². The minimum Gasteiger partial charge on any atom is -0.0622 e. The third-order valence-electron chi connectivity index (χ3n) is 4.50. The third kappa shape index (κ3) is 1.41. The number of fused-ring (bicyclic) bond motifs is 4. The molecule has 0 heteroatoms. The van der Waals surface area contributed by atoms with Gasteiger partial charge in [-0.25, -0.2) is 0 Å². The van der Waals surface area contributed by atoms with Crippen molar-refractivity contribution < 1.29 is 0 Å². The summed E-state index contributed by atoms with van der Waals surface area (Å²) >= 11 is 0. The number of hydrogen-bond acceptors (Lipinski definition) is 0. The molecular formula is C12H22. The third-order valence-corrected chi connectivity index (χ3v) is 4.50. The fourth-order valence-corrected chi connectivity index (χ4v) is 3.21. The molecule has 3 aliphatic rings. The van der Waals surface area contributed by atoms with Crippen LogP contribution in [-0.2, 0) is 0 Å². The first kappa shape index (κ1) is 8.59. The zero-order valence-corrected chi connectivity index (χ0v) is 8.72. The van der Waals surface area contributed by atoms with E-state index in [1.807, 2.05) is 0 Å². The van der Waals surface area contributed by atoms with E-state index in [0.29, 0.717) is 0 Å². The molecule has 0 aromatic heterocycles. The summed E-state index contributed by atoms with van der Waals surface area (Å²) in [4.78, 5) is 0. The molecule has 0 N–H and O–H groups in total. The summed E-state index contributed by atoms with van der Waals surface area (Å²) in [7, 11) is 0. The molecule has 12 heavy (non-hydrogen) atoms. The molecule has 3 rings (SSSR count). The van der Waals surface area contributed by atoms with Crippen LogP contribution in [0, 0.1) is 29.6 Å². The van der Waals surface area contributed by atoms with Gasteiger partial charge in [0, 0.05) is 0 Å². The van der Waals surface area contributed by atoms with E-state index in [-0.39, 0.29) is 0 Å². The maximum atomic E-state index is 2.47. The van der Waals surface area contributed by atoms with Gasteiger partial charge in [0.2, 0.25) is 0 Å². The van der Waals surface area contributed by atoms with Crippen molar-refractivity contribution in [2.75, 3.05) is 0 Å². The van der Waals surface area contributed by atoms with Crippen LogP contribution >= 0.6 is 0 Å². The second kappa shape index (κ2) is 3.05. The Morgan fingerprint density at radius 2 is 1.25 bits per heavy atom. The molecule has 0 aromatic rings.